The Morgan fingerprint density at radius 2 is 1.89 bits per heavy atom. The second-order valence-corrected chi connectivity index (χ2v) is 5.10. The summed E-state index contributed by atoms with van der Waals surface area (Å²) in [5.41, 5.74) is 1.96. The Bertz CT molecular complexity index is 540. The maximum atomic E-state index is 9.01. The number of halogens is 1. The molecular formula is C15H16BrNO2. The molecule has 0 aliphatic carbocycles. The lowest BCUT2D eigenvalue weighted by atomic mass is 10.2. The van der Waals surface area contributed by atoms with Crippen molar-refractivity contribution in [3.05, 3.63) is 58.1 Å². The van der Waals surface area contributed by atoms with Crippen LogP contribution in [0.1, 0.15) is 11.1 Å². The summed E-state index contributed by atoms with van der Waals surface area (Å²) in [5, 5.41) is 12.1. The maximum Gasteiger partial charge on any atom is 0.131 e. The molecular weight excluding hydrogens is 306 g/mol. The van der Waals surface area contributed by atoms with Crippen LogP contribution < -0.4 is 10.1 Å². The SMILES string of the molecule is CNCc1cc(Br)ccc1Oc1ccc(CO)cc1. The number of aliphatic hydroxyl groups excluding tert-OH is 1. The zero-order valence-electron chi connectivity index (χ0n) is 10.7. The highest BCUT2D eigenvalue weighted by Crippen LogP contribution is 2.28. The molecule has 2 N–H and O–H groups in total. The van der Waals surface area contributed by atoms with Crippen molar-refractivity contribution in [3.63, 3.8) is 0 Å². The van der Waals surface area contributed by atoms with E-state index in [4.69, 9.17) is 9.84 Å². The highest BCUT2D eigenvalue weighted by Gasteiger charge is 2.05. The fourth-order valence-electron chi connectivity index (χ4n) is 1.77. The quantitative estimate of drug-likeness (QED) is 0.886. The van der Waals surface area contributed by atoms with Gasteiger partial charge in [-0.15, -0.1) is 0 Å². The van der Waals surface area contributed by atoms with Crippen molar-refractivity contribution in [1.82, 2.24) is 5.32 Å². The first kappa shape index (κ1) is 14.1. The molecule has 2 aromatic carbocycles. The number of ether oxygens (including phenoxy) is 1. The van der Waals surface area contributed by atoms with Crippen LogP contribution in [-0.2, 0) is 13.2 Å². The molecule has 0 saturated carbocycles. The molecule has 0 heterocycles. The lowest BCUT2D eigenvalue weighted by Crippen LogP contribution is -2.06. The first-order valence-electron chi connectivity index (χ1n) is 6.03. The van der Waals surface area contributed by atoms with Gasteiger partial charge in [-0.1, -0.05) is 28.1 Å². The lowest BCUT2D eigenvalue weighted by Gasteiger charge is -2.11. The third-order valence-corrected chi connectivity index (χ3v) is 3.22. The Hall–Kier alpha value is -1.36. The summed E-state index contributed by atoms with van der Waals surface area (Å²) < 4.78 is 6.90. The van der Waals surface area contributed by atoms with Gasteiger partial charge in [0, 0.05) is 16.6 Å². The van der Waals surface area contributed by atoms with E-state index in [9.17, 15) is 0 Å². The molecule has 0 aliphatic rings. The Morgan fingerprint density at radius 3 is 2.53 bits per heavy atom. The second kappa shape index (κ2) is 6.70. The Labute approximate surface area is 121 Å². The normalized spacial score (nSPS) is 10.5. The fraction of sp³-hybridized carbons (Fsp3) is 0.200. The third kappa shape index (κ3) is 3.80. The average molecular weight is 322 g/mol. The predicted octanol–water partition coefficient (Wildman–Crippen LogP) is 3.45. The average Bonchev–Trinajstić information content (AvgIpc) is 2.43. The molecule has 2 rings (SSSR count). The molecule has 3 nitrogen and oxygen atoms in total. The Balaban J connectivity index is 2.21. The minimum atomic E-state index is 0.0452. The van der Waals surface area contributed by atoms with Gasteiger partial charge in [-0.05, 0) is 42.9 Å². The summed E-state index contributed by atoms with van der Waals surface area (Å²) in [4.78, 5) is 0. The van der Waals surface area contributed by atoms with Crippen molar-refractivity contribution >= 4 is 15.9 Å². The topological polar surface area (TPSA) is 41.5 Å². The monoisotopic (exact) mass is 321 g/mol. The van der Waals surface area contributed by atoms with Crippen molar-refractivity contribution in [2.45, 2.75) is 13.2 Å². The molecule has 0 radical (unpaired) electrons. The minimum Gasteiger partial charge on any atom is -0.457 e. The van der Waals surface area contributed by atoms with E-state index in [0.717, 1.165) is 33.6 Å². The number of aliphatic hydroxyl groups is 1. The van der Waals surface area contributed by atoms with Crippen molar-refractivity contribution in [1.29, 1.82) is 0 Å². The van der Waals surface area contributed by atoms with E-state index in [1.807, 2.05) is 49.5 Å². The molecule has 0 saturated heterocycles. The summed E-state index contributed by atoms with van der Waals surface area (Å²) in [6.45, 7) is 0.785. The summed E-state index contributed by atoms with van der Waals surface area (Å²) in [6, 6.07) is 13.4. The molecule has 0 aliphatic heterocycles. The van der Waals surface area contributed by atoms with Gasteiger partial charge in [-0.25, -0.2) is 0 Å². The van der Waals surface area contributed by atoms with Gasteiger partial charge in [0.05, 0.1) is 6.61 Å². The smallest absolute Gasteiger partial charge is 0.131 e. The highest BCUT2D eigenvalue weighted by molar-refractivity contribution is 9.10. The first-order chi connectivity index (χ1) is 9.22. The van der Waals surface area contributed by atoms with E-state index in [-0.39, 0.29) is 6.61 Å². The van der Waals surface area contributed by atoms with Crippen LogP contribution in [0.15, 0.2) is 46.9 Å². The molecule has 0 aromatic heterocycles. The van der Waals surface area contributed by atoms with Gasteiger partial charge in [0.15, 0.2) is 0 Å². The predicted molar refractivity (Wildman–Crippen MR) is 79.3 cm³/mol. The molecule has 0 spiro atoms. The molecule has 0 fully saturated rings. The molecule has 4 heteroatoms. The van der Waals surface area contributed by atoms with Crippen LogP contribution in [0.3, 0.4) is 0 Å². The van der Waals surface area contributed by atoms with Gasteiger partial charge in [0.2, 0.25) is 0 Å². The van der Waals surface area contributed by atoms with Crippen LogP contribution in [0.25, 0.3) is 0 Å². The minimum absolute atomic E-state index is 0.0452. The van der Waals surface area contributed by atoms with E-state index in [1.165, 1.54) is 0 Å². The van der Waals surface area contributed by atoms with Crippen LogP contribution >= 0.6 is 15.9 Å². The van der Waals surface area contributed by atoms with E-state index in [0.29, 0.717) is 0 Å². The Morgan fingerprint density at radius 1 is 1.16 bits per heavy atom. The van der Waals surface area contributed by atoms with Crippen molar-refractivity contribution < 1.29 is 9.84 Å². The van der Waals surface area contributed by atoms with Gasteiger partial charge in [0.25, 0.3) is 0 Å². The van der Waals surface area contributed by atoms with Gasteiger partial charge in [-0.2, -0.15) is 0 Å². The largest absolute Gasteiger partial charge is 0.457 e. The van der Waals surface area contributed by atoms with Crippen LogP contribution in [0.4, 0.5) is 0 Å². The van der Waals surface area contributed by atoms with Crippen molar-refractivity contribution in [2.24, 2.45) is 0 Å². The standard InChI is InChI=1S/C15H16BrNO2/c1-17-9-12-8-13(16)4-7-15(12)19-14-5-2-11(10-18)3-6-14/h2-8,17-18H,9-10H2,1H3. The maximum absolute atomic E-state index is 9.01. The van der Waals surface area contributed by atoms with E-state index >= 15 is 0 Å². The molecule has 2 aromatic rings. The van der Waals surface area contributed by atoms with Crippen LogP contribution in [0.5, 0.6) is 11.5 Å². The highest BCUT2D eigenvalue weighted by atomic mass is 79.9. The number of nitrogens with one attached hydrogen (secondary N) is 1. The van der Waals surface area contributed by atoms with Gasteiger partial charge in [0.1, 0.15) is 11.5 Å². The van der Waals surface area contributed by atoms with E-state index < -0.39 is 0 Å². The summed E-state index contributed by atoms with van der Waals surface area (Å²) >= 11 is 3.46. The van der Waals surface area contributed by atoms with Gasteiger partial charge < -0.3 is 15.2 Å². The van der Waals surface area contributed by atoms with Crippen LogP contribution in [0, 0.1) is 0 Å². The second-order valence-electron chi connectivity index (χ2n) is 4.19. The zero-order chi connectivity index (χ0) is 13.7. The van der Waals surface area contributed by atoms with Crippen LogP contribution in [-0.4, -0.2) is 12.2 Å². The lowest BCUT2D eigenvalue weighted by molar-refractivity contribution is 0.281. The van der Waals surface area contributed by atoms with E-state index in [1.54, 1.807) is 0 Å². The number of hydrogen-bond acceptors (Lipinski definition) is 3. The molecule has 100 valence electrons. The zero-order valence-corrected chi connectivity index (χ0v) is 12.3. The van der Waals surface area contributed by atoms with Crippen LogP contribution in [0.2, 0.25) is 0 Å². The summed E-state index contributed by atoms with van der Waals surface area (Å²) in [6.07, 6.45) is 0. The first-order valence-corrected chi connectivity index (χ1v) is 6.83. The summed E-state index contributed by atoms with van der Waals surface area (Å²) in [7, 11) is 1.90. The van der Waals surface area contributed by atoms with Gasteiger partial charge >= 0.3 is 0 Å². The number of benzene rings is 2. The molecule has 0 amide bonds. The molecule has 0 atom stereocenters. The molecule has 19 heavy (non-hydrogen) atoms. The molecule has 0 bridgehead atoms. The Kier molecular flexibility index (Phi) is 4.96. The fourth-order valence-corrected chi connectivity index (χ4v) is 2.17. The molecule has 0 unspecified atom stereocenters. The van der Waals surface area contributed by atoms with Crippen molar-refractivity contribution in [2.75, 3.05) is 7.05 Å². The van der Waals surface area contributed by atoms with Gasteiger partial charge in [-0.3, -0.25) is 0 Å². The number of rotatable bonds is 5. The van der Waals surface area contributed by atoms with E-state index in [2.05, 4.69) is 21.2 Å². The summed E-state index contributed by atoms with van der Waals surface area (Å²) in [5.74, 6) is 1.59. The van der Waals surface area contributed by atoms with Crippen molar-refractivity contribution in [3.8, 4) is 11.5 Å². The third-order valence-electron chi connectivity index (χ3n) is 2.72. The number of hydrogen-bond donors (Lipinski definition) is 2.